The van der Waals surface area contributed by atoms with Gasteiger partial charge in [-0.05, 0) is 39.2 Å². The molecule has 0 heterocycles. The van der Waals surface area contributed by atoms with E-state index in [0.717, 1.165) is 0 Å². The average Bonchev–Trinajstić information content (AvgIpc) is 2.64. The van der Waals surface area contributed by atoms with Crippen molar-refractivity contribution in [2.45, 2.75) is 65.5 Å². The lowest BCUT2D eigenvalue weighted by atomic mass is 9.85. The summed E-state index contributed by atoms with van der Waals surface area (Å²) in [6.45, 7) is 11.5. The summed E-state index contributed by atoms with van der Waals surface area (Å²) in [5.41, 5.74) is 0.545. The maximum atomic E-state index is 3.65. The van der Waals surface area contributed by atoms with E-state index in [1.807, 2.05) is 0 Å². The molecule has 0 aromatic rings. The van der Waals surface area contributed by atoms with Gasteiger partial charge in [0.05, 0.1) is 0 Å². The molecule has 0 unspecified atom stereocenters. The molecule has 16 heavy (non-hydrogen) atoms. The summed E-state index contributed by atoms with van der Waals surface area (Å²) in [7, 11) is 2.26. The molecule has 96 valence electrons. The fourth-order valence-electron chi connectivity index (χ4n) is 2.65. The van der Waals surface area contributed by atoms with Gasteiger partial charge in [0.15, 0.2) is 0 Å². The third-order valence-corrected chi connectivity index (χ3v) is 4.02. The van der Waals surface area contributed by atoms with E-state index >= 15 is 0 Å². The third kappa shape index (κ3) is 4.06. The molecular formula is C14H30N2. The molecule has 1 N–H and O–H groups in total. The Hall–Kier alpha value is -0.0800. The van der Waals surface area contributed by atoms with Crippen molar-refractivity contribution in [1.29, 1.82) is 0 Å². The fraction of sp³-hybridized carbons (Fsp3) is 1.00. The zero-order valence-corrected chi connectivity index (χ0v) is 11.8. The fourth-order valence-corrected chi connectivity index (χ4v) is 2.65. The standard InChI is InChI=1S/C14H30N2/c1-12(2)15-10-14(8-6-7-9-14)11-16(5)13(3)4/h12-13,15H,6-11H2,1-5H3. The summed E-state index contributed by atoms with van der Waals surface area (Å²) in [5, 5.41) is 3.65. The summed E-state index contributed by atoms with van der Waals surface area (Å²) in [6, 6.07) is 1.28. The van der Waals surface area contributed by atoms with Gasteiger partial charge < -0.3 is 10.2 Å². The molecule has 2 heteroatoms. The topological polar surface area (TPSA) is 15.3 Å². The van der Waals surface area contributed by atoms with E-state index < -0.39 is 0 Å². The summed E-state index contributed by atoms with van der Waals surface area (Å²) >= 11 is 0. The Morgan fingerprint density at radius 3 is 2.12 bits per heavy atom. The van der Waals surface area contributed by atoms with E-state index in [9.17, 15) is 0 Å². The number of nitrogens with zero attached hydrogens (tertiary/aromatic N) is 1. The van der Waals surface area contributed by atoms with Crippen LogP contribution in [0.5, 0.6) is 0 Å². The third-order valence-electron chi connectivity index (χ3n) is 4.02. The average molecular weight is 226 g/mol. The van der Waals surface area contributed by atoms with Gasteiger partial charge in [0, 0.05) is 25.2 Å². The molecule has 1 saturated carbocycles. The molecule has 0 radical (unpaired) electrons. The van der Waals surface area contributed by atoms with E-state index in [2.05, 4.69) is 45.0 Å². The van der Waals surface area contributed by atoms with E-state index in [-0.39, 0.29) is 0 Å². The first-order valence-corrected chi connectivity index (χ1v) is 6.89. The van der Waals surface area contributed by atoms with Crippen LogP contribution in [-0.4, -0.2) is 37.1 Å². The SMILES string of the molecule is CC(C)NCC1(CN(C)C(C)C)CCCC1. The molecule has 0 aliphatic heterocycles. The van der Waals surface area contributed by atoms with Gasteiger partial charge in [-0.2, -0.15) is 0 Å². The Labute approximate surface area is 102 Å². The Morgan fingerprint density at radius 1 is 1.12 bits per heavy atom. The van der Waals surface area contributed by atoms with E-state index in [0.29, 0.717) is 17.5 Å². The van der Waals surface area contributed by atoms with E-state index in [1.54, 1.807) is 0 Å². The highest BCUT2D eigenvalue weighted by Gasteiger charge is 2.34. The van der Waals surface area contributed by atoms with Crippen LogP contribution in [0.1, 0.15) is 53.4 Å². The van der Waals surface area contributed by atoms with Crippen LogP contribution in [0, 0.1) is 5.41 Å². The Balaban J connectivity index is 2.51. The van der Waals surface area contributed by atoms with Crippen LogP contribution >= 0.6 is 0 Å². The predicted octanol–water partition coefficient (Wildman–Crippen LogP) is 2.89. The molecule has 2 nitrogen and oxygen atoms in total. The van der Waals surface area contributed by atoms with Crippen molar-refractivity contribution in [3.63, 3.8) is 0 Å². The lowest BCUT2D eigenvalue weighted by Gasteiger charge is -2.36. The van der Waals surface area contributed by atoms with Gasteiger partial charge in [0.25, 0.3) is 0 Å². The molecule has 1 rings (SSSR count). The largest absolute Gasteiger partial charge is 0.314 e. The summed E-state index contributed by atoms with van der Waals surface area (Å²) < 4.78 is 0. The van der Waals surface area contributed by atoms with E-state index in [1.165, 1.54) is 38.8 Å². The lowest BCUT2D eigenvalue weighted by molar-refractivity contribution is 0.145. The molecular weight excluding hydrogens is 196 g/mol. The van der Waals surface area contributed by atoms with Gasteiger partial charge in [0.1, 0.15) is 0 Å². The maximum Gasteiger partial charge on any atom is 0.00498 e. The summed E-state index contributed by atoms with van der Waals surface area (Å²) in [6.07, 6.45) is 5.66. The highest BCUT2D eigenvalue weighted by Crippen LogP contribution is 2.38. The molecule has 0 aromatic heterocycles. The minimum absolute atomic E-state index is 0.545. The maximum absolute atomic E-state index is 3.65. The molecule has 0 amide bonds. The second kappa shape index (κ2) is 6.02. The van der Waals surface area contributed by atoms with Gasteiger partial charge in [-0.1, -0.05) is 26.7 Å². The molecule has 0 aromatic carbocycles. The van der Waals surface area contributed by atoms with Crippen LogP contribution in [0.2, 0.25) is 0 Å². The summed E-state index contributed by atoms with van der Waals surface area (Å²) in [4.78, 5) is 2.51. The van der Waals surface area contributed by atoms with Crippen molar-refractivity contribution in [2.75, 3.05) is 20.1 Å². The van der Waals surface area contributed by atoms with Crippen LogP contribution in [0.4, 0.5) is 0 Å². The van der Waals surface area contributed by atoms with Gasteiger partial charge in [-0.15, -0.1) is 0 Å². The van der Waals surface area contributed by atoms with Crippen LogP contribution < -0.4 is 5.32 Å². The van der Waals surface area contributed by atoms with Crippen molar-refractivity contribution in [2.24, 2.45) is 5.41 Å². The zero-order valence-electron chi connectivity index (χ0n) is 11.8. The normalized spacial score (nSPS) is 20.2. The first-order valence-electron chi connectivity index (χ1n) is 6.89. The van der Waals surface area contributed by atoms with Gasteiger partial charge in [0.2, 0.25) is 0 Å². The van der Waals surface area contributed by atoms with Crippen molar-refractivity contribution in [3.8, 4) is 0 Å². The highest BCUT2D eigenvalue weighted by atomic mass is 15.1. The van der Waals surface area contributed by atoms with Crippen LogP contribution in [0.25, 0.3) is 0 Å². The summed E-state index contributed by atoms with van der Waals surface area (Å²) in [5.74, 6) is 0. The Morgan fingerprint density at radius 2 is 1.69 bits per heavy atom. The van der Waals surface area contributed by atoms with Gasteiger partial charge in [-0.3, -0.25) is 0 Å². The number of hydrogen-bond donors (Lipinski definition) is 1. The van der Waals surface area contributed by atoms with Crippen molar-refractivity contribution < 1.29 is 0 Å². The lowest BCUT2D eigenvalue weighted by Crippen LogP contribution is -2.44. The number of rotatable bonds is 6. The molecule has 1 fully saturated rings. The quantitative estimate of drug-likeness (QED) is 0.749. The predicted molar refractivity (Wildman–Crippen MR) is 71.8 cm³/mol. The molecule has 0 bridgehead atoms. The smallest absolute Gasteiger partial charge is 0.00498 e. The zero-order chi connectivity index (χ0) is 12.2. The van der Waals surface area contributed by atoms with Crippen LogP contribution in [-0.2, 0) is 0 Å². The van der Waals surface area contributed by atoms with Gasteiger partial charge in [-0.25, -0.2) is 0 Å². The van der Waals surface area contributed by atoms with Crippen molar-refractivity contribution in [1.82, 2.24) is 10.2 Å². The van der Waals surface area contributed by atoms with Crippen LogP contribution in [0.3, 0.4) is 0 Å². The first kappa shape index (κ1) is 14.0. The monoisotopic (exact) mass is 226 g/mol. The van der Waals surface area contributed by atoms with Crippen LogP contribution in [0.15, 0.2) is 0 Å². The first-order chi connectivity index (χ1) is 7.45. The van der Waals surface area contributed by atoms with Gasteiger partial charge >= 0.3 is 0 Å². The second-order valence-corrected chi connectivity index (χ2v) is 6.25. The molecule has 0 spiro atoms. The highest BCUT2D eigenvalue weighted by molar-refractivity contribution is 4.89. The molecule has 0 atom stereocenters. The number of hydrogen-bond acceptors (Lipinski definition) is 2. The minimum atomic E-state index is 0.545. The number of nitrogens with one attached hydrogen (secondary N) is 1. The molecule has 1 aliphatic carbocycles. The molecule has 0 saturated heterocycles. The van der Waals surface area contributed by atoms with Crippen molar-refractivity contribution in [3.05, 3.63) is 0 Å². The molecule has 1 aliphatic rings. The minimum Gasteiger partial charge on any atom is -0.314 e. The Bertz CT molecular complexity index is 193. The Kier molecular flexibility index (Phi) is 5.26. The van der Waals surface area contributed by atoms with Crippen molar-refractivity contribution >= 4 is 0 Å². The second-order valence-electron chi connectivity index (χ2n) is 6.25. The van der Waals surface area contributed by atoms with E-state index in [4.69, 9.17) is 0 Å².